The third-order valence-corrected chi connectivity index (χ3v) is 0.421. The van der Waals surface area contributed by atoms with Crippen LogP contribution in [0.2, 0.25) is 0 Å². The van der Waals surface area contributed by atoms with Gasteiger partial charge in [-0.3, -0.25) is 0 Å². The van der Waals surface area contributed by atoms with Crippen molar-refractivity contribution in [1.82, 2.24) is 0 Å². The monoisotopic (exact) mass is 152 g/mol. The van der Waals surface area contributed by atoms with Crippen molar-refractivity contribution in [3.8, 4) is 0 Å². The van der Waals surface area contributed by atoms with E-state index in [4.69, 9.17) is 15.3 Å². The average molecular weight is 152 g/mol. The molecule has 0 aromatic rings. The van der Waals surface area contributed by atoms with Crippen molar-refractivity contribution in [1.29, 1.82) is 0 Å². The Morgan fingerprint density at radius 2 is 1.38 bits per heavy atom. The molecule has 0 aromatic heterocycles. The summed E-state index contributed by atoms with van der Waals surface area (Å²) < 4.78 is 0. The molecular weight excluding hydrogens is 140 g/mol. The van der Waals surface area contributed by atoms with Gasteiger partial charge in [-0.25, -0.2) is 0 Å². The molecule has 0 aliphatic rings. The summed E-state index contributed by atoms with van der Waals surface area (Å²) in [6.07, 6.45) is -0.954. The van der Waals surface area contributed by atoms with Gasteiger partial charge in [0.2, 0.25) is 0 Å². The van der Waals surface area contributed by atoms with Crippen LogP contribution in [0.5, 0.6) is 0 Å². The maximum absolute atomic E-state index is 8.17. The molecule has 0 aliphatic carbocycles. The molecule has 0 heterocycles. The summed E-state index contributed by atoms with van der Waals surface area (Å²) >= 11 is 0. The van der Waals surface area contributed by atoms with Crippen LogP contribution in [0.15, 0.2) is 0 Å². The van der Waals surface area contributed by atoms with Crippen LogP contribution in [0.25, 0.3) is 0 Å². The molecule has 0 amide bonds. The molecule has 0 spiro atoms. The standard InChI is InChI=1S/C3H8O3.Ca.H2O.2H/c4-1-3(6)2-5;;;;/h3-6H,1-2H2;;1H2;;. The summed E-state index contributed by atoms with van der Waals surface area (Å²) in [5, 5.41) is 24.0. The summed E-state index contributed by atoms with van der Waals surface area (Å²) in [5.41, 5.74) is 0. The number of hydrogen-bond donors (Lipinski definition) is 3. The molecule has 5 N–H and O–H groups in total. The van der Waals surface area contributed by atoms with Crippen LogP contribution in [0.3, 0.4) is 0 Å². The van der Waals surface area contributed by atoms with Gasteiger partial charge in [-0.2, -0.15) is 0 Å². The number of rotatable bonds is 2. The van der Waals surface area contributed by atoms with Crippen molar-refractivity contribution >= 4 is 37.7 Å². The predicted octanol–water partition coefficient (Wildman–Crippen LogP) is -3.41. The second-order valence-corrected chi connectivity index (χ2v) is 1.02. The van der Waals surface area contributed by atoms with Crippen LogP contribution in [-0.4, -0.2) is 77.9 Å². The van der Waals surface area contributed by atoms with Crippen LogP contribution >= 0.6 is 0 Å². The second kappa shape index (κ2) is 11.0. The topological polar surface area (TPSA) is 92.2 Å². The Morgan fingerprint density at radius 1 is 1.12 bits per heavy atom. The van der Waals surface area contributed by atoms with E-state index in [-0.39, 0.29) is 56.4 Å². The van der Waals surface area contributed by atoms with Gasteiger partial charge in [-0.05, 0) is 0 Å². The maximum atomic E-state index is 8.17. The van der Waals surface area contributed by atoms with E-state index >= 15 is 0 Å². The zero-order valence-electron chi connectivity index (χ0n) is 3.83. The van der Waals surface area contributed by atoms with Crippen LogP contribution in [-0.2, 0) is 0 Å². The molecule has 0 aromatic carbocycles. The Balaban J connectivity index is -0.000000125. The minimum absolute atomic E-state index is 0. The van der Waals surface area contributed by atoms with Crippen molar-refractivity contribution in [2.75, 3.05) is 13.2 Å². The van der Waals surface area contributed by atoms with Crippen molar-refractivity contribution in [3.63, 3.8) is 0 Å². The van der Waals surface area contributed by atoms with Gasteiger partial charge in [-0.15, -0.1) is 0 Å². The van der Waals surface area contributed by atoms with Crippen molar-refractivity contribution in [2.24, 2.45) is 0 Å². The van der Waals surface area contributed by atoms with Crippen LogP contribution in [0.4, 0.5) is 0 Å². The first-order valence-electron chi connectivity index (χ1n) is 1.71. The Hall–Kier alpha value is 1.10. The van der Waals surface area contributed by atoms with E-state index in [9.17, 15) is 0 Å². The summed E-state index contributed by atoms with van der Waals surface area (Å²) in [4.78, 5) is 0. The van der Waals surface area contributed by atoms with E-state index < -0.39 is 6.10 Å². The molecular formula is C3H12CaO4. The third kappa shape index (κ3) is 10.2. The van der Waals surface area contributed by atoms with Gasteiger partial charge < -0.3 is 20.8 Å². The fourth-order valence-electron chi connectivity index (χ4n) is 0.0577. The molecule has 0 bridgehead atoms. The van der Waals surface area contributed by atoms with Crippen molar-refractivity contribution in [2.45, 2.75) is 6.10 Å². The number of aliphatic hydroxyl groups is 3. The van der Waals surface area contributed by atoms with Crippen LogP contribution in [0.1, 0.15) is 0 Å². The van der Waals surface area contributed by atoms with E-state index in [0.717, 1.165) is 0 Å². The Labute approximate surface area is 77.4 Å². The first kappa shape index (κ1) is 16.0. The average Bonchev–Trinajstić information content (AvgIpc) is 1.65. The van der Waals surface area contributed by atoms with Gasteiger partial charge in [0.15, 0.2) is 0 Å². The van der Waals surface area contributed by atoms with Gasteiger partial charge >= 0.3 is 37.7 Å². The zero-order chi connectivity index (χ0) is 4.99. The number of hydrogen-bond acceptors (Lipinski definition) is 3. The van der Waals surface area contributed by atoms with E-state index in [2.05, 4.69) is 0 Å². The van der Waals surface area contributed by atoms with Crippen molar-refractivity contribution in [3.05, 3.63) is 0 Å². The van der Waals surface area contributed by atoms with Gasteiger partial charge in [0.1, 0.15) is 6.10 Å². The van der Waals surface area contributed by atoms with E-state index in [1.807, 2.05) is 0 Å². The molecule has 5 heteroatoms. The fourth-order valence-corrected chi connectivity index (χ4v) is 0.0577. The zero-order valence-corrected chi connectivity index (χ0v) is 3.83. The predicted molar refractivity (Wildman–Crippen MR) is 32.3 cm³/mol. The first-order valence-corrected chi connectivity index (χ1v) is 1.71. The molecule has 0 unspecified atom stereocenters. The normalized spacial score (nSPS) is 7.50. The van der Waals surface area contributed by atoms with E-state index in [0.29, 0.717) is 0 Å². The van der Waals surface area contributed by atoms with Gasteiger partial charge in [0, 0.05) is 0 Å². The summed E-state index contributed by atoms with van der Waals surface area (Å²) in [6.45, 7) is -0.729. The second-order valence-electron chi connectivity index (χ2n) is 1.02. The molecule has 4 nitrogen and oxygen atoms in total. The molecule has 0 atom stereocenters. The molecule has 0 fully saturated rings. The van der Waals surface area contributed by atoms with Gasteiger partial charge in [0.25, 0.3) is 0 Å². The quantitative estimate of drug-likeness (QED) is 0.360. The minimum atomic E-state index is -0.954. The number of aliphatic hydroxyl groups excluding tert-OH is 3. The fraction of sp³-hybridized carbons (Fsp3) is 1.00. The molecule has 0 radical (unpaired) electrons. The SMILES string of the molecule is O.OCC(O)CO.[CaH2]. The molecule has 0 saturated carbocycles. The van der Waals surface area contributed by atoms with Gasteiger partial charge in [0.05, 0.1) is 13.2 Å². The van der Waals surface area contributed by atoms with Crippen molar-refractivity contribution < 1.29 is 20.8 Å². The summed E-state index contributed by atoms with van der Waals surface area (Å²) in [5.74, 6) is 0. The third-order valence-electron chi connectivity index (χ3n) is 0.421. The van der Waals surface area contributed by atoms with Crippen LogP contribution in [0, 0.1) is 0 Å². The first-order chi connectivity index (χ1) is 2.81. The molecule has 0 aliphatic heterocycles. The Kier molecular flexibility index (Phi) is 22.0. The summed E-state index contributed by atoms with van der Waals surface area (Å²) in [6, 6.07) is 0. The van der Waals surface area contributed by atoms with E-state index in [1.165, 1.54) is 0 Å². The van der Waals surface area contributed by atoms with Crippen LogP contribution < -0.4 is 0 Å². The van der Waals surface area contributed by atoms with E-state index in [1.54, 1.807) is 0 Å². The Morgan fingerprint density at radius 3 is 1.38 bits per heavy atom. The van der Waals surface area contributed by atoms with Gasteiger partial charge in [-0.1, -0.05) is 0 Å². The molecule has 0 saturated heterocycles. The molecule has 8 heavy (non-hydrogen) atoms. The summed E-state index contributed by atoms with van der Waals surface area (Å²) in [7, 11) is 0. The molecule has 0 rings (SSSR count). The Bertz CT molecular complexity index is 30.5. The molecule has 50 valence electrons.